The first-order valence-electron chi connectivity index (χ1n) is 6.49. The van der Waals surface area contributed by atoms with E-state index in [-0.39, 0.29) is 0 Å². The van der Waals surface area contributed by atoms with E-state index in [9.17, 15) is 0 Å². The summed E-state index contributed by atoms with van der Waals surface area (Å²) >= 11 is 0. The molecular formula is C13H18N4O. The lowest BCUT2D eigenvalue weighted by Crippen LogP contribution is -2.27. The molecule has 3 heterocycles. The smallest absolute Gasteiger partial charge is 0.157 e. The van der Waals surface area contributed by atoms with Gasteiger partial charge in [-0.05, 0) is 43.9 Å². The fraction of sp³-hybridized carbons (Fsp3) is 0.538. The average molecular weight is 246 g/mol. The van der Waals surface area contributed by atoms with E-state index in [1.54, 1.807) is 6.33 Å². The van der Waals surface area contributed by atoms with E-state index in [1.807, 2.05) is 10.6 Å². The van der Waals surface area contributed by atoms with Crippen LogP contribution in [0.1, 0.15) is 24.8 Å². The van der Waals surface area contributed by atoms with Crippen LogP contribution in [0.5, 0.6) is 0 Å². The second kappa shape index (κ2) is 4.94. The van der Waals surface area contributed by atoms with Crippen LogP contribution in [0.4, 0.5) is 5.82 Å². The van der Waals surface area contributed by atoms with E-state index in [0.717, 1.165) is 31.0 Å². The van der Waals surface area contributed by atoms with Crippen molar-refractivity contribution in [3.63, 3.8) is 0 Å². The Balaban J connectivity index is 1.75. The summed E-state index contributed by atoms with van der Waals surface area (Å²) in [5.74, 6) is 0.983. The number of fused-ring (bicyclic) bond motifs is 1. The lowest BCUT2D eigenvalue weighted by atomic mass is 10.1. The second-order valence-corrected chi connectivity index (χ2v) is 4.82. The third-order valence-electron chi connectivity index (χ3n) is 3.31. The molecule has 0 bridgehead atoms. The van der Waals surface area contributed by atoms with Gasteiger partial charge >= 0.3 is 0 Å². The Morgan fingerprint density at radius 3 is 3.22 bits per heavy atom. The number of hydrogen-bond donors (Lipinski definition) is 1. The van der Waals surface area contributed by atoms with E-state index < -0.39 is 0 Å². The van der Waals surface area contributed by atoms with E-state index in [2.05, 4.69) is 28.4 Å². The molecular weight excluding hydrogens is 228 g/mol. The minimum atomic E-state index is 0.317. The van der Waals surface area contributed by atoms with E-state index in [1.165, 1.54) is 18.4 Å². The highest BCUT2D eigenvalue weighted by Crippen LogP contribution is 2.16. The number of rotatable bonds is 3. The van der Waals surface area contributed by atoms with Gasteiger partial charge in [0.05, 0.1) is 6.10 Å². The fourth-order valence-electron chi connectivity index (χ4n) is 2.37. The van der Waals surface area contributed by atoms with Crippen LogP contribution in [0.15, 0.2) is 18.5 Å². The maximum Gasteiger partial charge on any atom is 0.157 e. The monoisotopic (exact) mass is 246 g/mol. The molecule has 1 N–H and O–H groups in total. The second-order valence-electron chi connectivity index (χ2n) is 4.82. The van der Waals surface area contributed by atoms with Gasteiger partial charge in [-0.1, -0.05) is 0 Å². The molecule has 1 aliphatic rings. The molecule has 1 aliphatic heterocycles. The lowest BCUT2D eigenvalue weighted by Gasteiger charge is -2.23. The van der Waals surface area contributed by atoms with Crippen molar-refractivity contribution in [1.82, 2.24) is 14.6 Å². The molecule has 1 unspecified atom stereocenters. The van der Waals surface area contributed by atoms with Crippen molar-refractivity contribution in [3.8, 4) is 0 Å². The molecule has 0 radical (unpaired) electrons. The van der Waals surface area contributed by atoms with Gasteiger partial charge in [0.25, 0.3) is 0 Å². The average Bonchev–Trinajstić information content (AvgIpc) is 2.85. The first-order chi connectivity index (χ1) is 8.83. The number of ether oxygens (including phenoxy) is 1. The number of aryl methyl sites for hydroxylation is 1. The molecule has 0 saturated carbocycles. The maximum atomic E-state index is 5.72. The summed E-state index contributed by atoms with van der Waals surface area (Å²) in [5, 5.41) is 7.65. The topological polar surface area (TPSA) is 51.5 Å². The Morgan fingerprint density at radius 1 is 1.44 bits per heavy atom. The predicted molar refractivity (Wildman–Crippen MR) is 69.8 cm³/mol. The zero-order chi connectivity index (χ0) is 12.4. The molecule has 2 aromatic heterocycles. The molecule has 0 aliphatic carbocycles. The molecule has 0 aromatic carbocycles. The van der Waals surface area contributed by atoms with E-state index in [0.29, 0.717) is 6.10 Å². The highest BCUT2D eigenvalue weighted by Gasteiger charge is 2.14. The van der Waals surface area contributed by atoms with Crippen LogP contribution in [0.3, 0.4) is 0 Å². The van der Waals surface area contributed by atoms with Crippen molar-refractivity contribution in [3.05, 3.63) is 24.0 Å². The number of aromatic nitrogens is 3. The predicted octanol–water partition coefficient (Wildman–Crippen LogP) is 2.02. The molecule has 96 valence electrons. The molecule has 0 spiro atoms. The summed E-state index contributed by atoms with van der Waals surface area (Å²) in [7, 11) is 0. The lowest BCUT2D eigenvalue weighted by molar-refractivity contribution is 0.0247. The summed E-state index contributed by atoms with van der Waals surface area (Å²) in [6.07, 6.45) is 5.49. The zero-order valence-corrected chi connectivity index (χ0v) is 10.6. The first-order valence-corrected chi connectivity index (χ1v) is 6.49. The molecule has 0 amide bonds. The largest absolute Gasteiger partial charge is 0.376 e. The third-order valence-corrected chi connectivity index (χ3v) is 3.31. The van der Waals surface area contributed by atoms with Gasteiger partial charge in [0.2, 0.25) is 0 Å². The van der Waals surface area contributed by atoms with Crippen molar-refractivity contribution >= 4 is 11.5 Å². The summed E-state index contributed by atoms with van der Waals surface area (Å²) in [6, 6.07) is 4.11. The Labute approximate surface area is 106 Å². The van der Waals surface area contributed by atoms with Crippen LogP contribution in [0, 0.1) is 6.92 Å². The molecule has 5 heteroatoms. The van der Waals surface area contributed by atoms with Crippen molar-refractivity contribution < 1.29 is 4.74 Å². The van der Waals surface area contributed by atoms with Crippen LogP contribution in [0.2, 0.25) is 0 Å². The van der Waals surface area contributed by atoms with Gasteiger partial charge in [-0.15, -0.1) is 0 Å². The quantitative estimate of drug-likeness (QED) is 0.900. The normalized spacial score (nSPS) is 20.2. The number of nitrogens with one attached hydrogen (secondary N) is 1. The zero-order valence-electron chi connectivity index (χ0n) is 10.6. The third kappa shape index (κ3) is 2.31. The maximum absolute atomic E-state index is 5.72. The van der Waals surface area contributed by atoms with Crippen LogP contribution < -0.4 is 5.32 Å². The molecule has 2 aromatic rings. The fourth-order valence-corrected chi connectivity index (χ4v) is 2.37. The van der Waals surface area contributed by atoms with Gasteiger partial charge in [-0.25, -0.2) is 4.98 Å². The standard InChI is InChI=1S/C13H18N4O/c1-10-6-12(17-13(7-10)15-9-16-17)14-8-11-4-2-3-5-18-11/h6-7,9,11,14H,2-5,8H2,1H3. The molecule has 1 fully saturated rings. The van der Waals surface area contributed by atoms with Crippen molar-refractivity contribution in [2.45, 2.75) is 32.3 Å². The highest BCUT2D eigenvalue weighted by atomic mass is 16.5. The van der Waals surface area contributed by atoms with Gasteiger partial charge < -0.3 is 10.1 Å². The van der Waals surface area contributed by atoms with Crippen molar-refractivity contribution in [2.75, 3.05) is 18.5 Å². The number of hydrogen-bond acceptors (Lipinski definition) is 4. The minimum Gasteiger partial charge on any atom is -0.376 e. The van der Waals surface area contributed by atoms with Gasteiger partial charge in [-0.3, -0.25) is 0 Å². The summed E-state index contributed by atoms with van der Waals surface area (Å²) in [5.41, 5.74) is 2.06. The van der Waals surface area contributed by atoms with Gasteiger partial charge in [0.15, 0.2) is 5.65 Å². The number of anilines is 1. The van der Waals surface area contributed by atoms with Gasteiger partial charge in [0, 0.05) is 13.2 Å². The SMILES string of the molecule is Cc1cc(NCC2CCCCO2)n2ncnc2c1. The Bertz CT molecular complexity index is 531. The first kappa shape index (κ1) is 11.5. The summed E-state index contributed by atoms with van der Waals surface area (Å²) in [6.45, 7) is 3.79. The van der Waals surface area contributed by atoms with Crippen LogP contribution in [0.25, 0.3) is 5.65 Å². The number of nitrogens with zero attached hydrogens (tertiary/aromatic N) is 3. The van der Waals surface area contributed by atoms with Crippen molar-refractivity contribution in [2.24, 2.45) is 0 Å². The van der Waals surface area contributed by atoms with E-state index in [4.69, 9.17) is 4.74 Å². The van der Waals surface area contributed by atoms with Gasteiger partial charge in [-0.2, -0.15) is 9.61 Å². The minimum absolute atomic E-state index is 0.317. The Kier molecular flexibility index (Phi) is 3.15. The van der Waals surface area contributed by atoms with E-state index >= 15 is 0 Å². The molecule has 1 saturated heterocycles. The molecule has 18 heavy (non-hydrogen) atoms. The summed E-state index contributed by atoms with van der Waals surface area (Å²) in [4.78, 5) is 4.22. The summed E-state index contributed by atoms with van der Waals surface area (Å²) < 4.78 is 7.54. The van der Waals surface area contributed by atoms with Crippen LogP contribution in [-0.4, -0.2) is 33.9 Å². The van der Waals surface area contributed by atoms with Gasteiger partial charge in [0.1, 0.15) is 12.1 Å². The van der Waals surface area contributed by atoms with Crippen LogP contribution in [-0.2, 0) is 4.74 Å². The number of pyridine rings is 1. The Hall–Kier alpha value is -1.62. The molecule has 3 rings (SSSR count). The highest BCUT2D eigenvalue weighted by molar-refractivity contribution is 5.51. The Morgan fingerprint density at radius 2 is 2.39 bits per heavy atom. The molecule has 1 atom stereocenters. The van der Waals surface area contributed by atoms with Crippen LogP contribution >= 0.6 is 0 Å². The van der Waals surface area contributed by atoms with Crippen molar-refractivity contribution in [1.29, 1.82) is 0 Å². The molecule has 5 nitrogen and oxygen atoms in total.